The van der Waals surface area contributed by atoms with Crippen LogP contribution in [0.3, 0.4) is 0 Å². The van der Waals surface area contributed by atoms with Gasteiger partial charge in [-0.3, -0.25) is 4.79 Å². The van der Waals surface area contributed by atoms with Gasteiger partial charge < -0.3 is 4.90 Å². The molecule has 1 amide bonds. The van der Waals surface area contributed by atoms with Gasteiger partial charge in [0.05, 0.1) is 17.2 Å². The molecule has 0 atom stereocenters. The molecule has 0 fully saturated rings. The van der Waals surface area contributed by atoms with E-state index < -0.39 is 0 Å². The molecule has 0 N–H and O–H groups in total. The summed E-state index contributed by atoms with van der Waals surface area (Å²) in [5, 5.41) is 1.18. The Balaban J connectivity index is 2.27. The van der Waals surface area contributed by atoms with Crippen LogP contribution in [-0.4, -0.2) is 22.3 Å². The highest BCUT2D eigenvalue weighted by Gasteiger charge is 2.26. The van der Waals surface area contributed by atoms with Gasteiger partial charge in [-0.1, -0.05) is 20.8 Å². The zero-order chi connectivity index (χ0) is 11.9. The highest BCUT2D eigenvalue weighted by Crippen LogP contribution is 2.32. The van der Waals surface area contributed by atoms with Gasteiger partial charge in [-0.05, 0) is 0 Å². The van der Waals surface area contributed by atoms with Crippen LogP contribution in [0.15, 0.2) is 0 Å². The third-order valence-corrected chi connectivity index (χ3v) is 4.33. The summed E-state index contributed by atoms with van der Waals surface area (Å²) in [5.41, 5.74) is 1.32. The number of hydrogen-bond donors (Lipinski definition) is 0. The third-order valence-electron chi connectivity index (χ3n) is 2.82. The molecule has 1 aliphatic rings. The molecule has 0 unspecified atom stereocenters. The van der Waals surface area contributed by atoms with Crippen molar-refractivity contribution < 1.29 is 4.79 Å². The lowest BCUT2D eigenvalue weighted by Gasteiger charge is -2.24. The first-order valence-corrected chi connectivity index (χ1v) is 6.44. The lowest BCUT2D eigenvalue weighted by Crippen LogP contribution is -2.33. The van der Waals surface area contributed by atoms with E-state index in [-0.39, 0.29) is 11.3 Å². The predicted octanol–water partition coefficient (Wildman–Crippen LogP) is 2.35. The monoisotopic (exact) mass is 238 g/mol. The largest absolute Gasteiger partial charge is 0.337 e. The molecule has 0 bridgehead atoms. The summed E-state index contributed by atoms with van der Waals surface area (Å²) in [6, 6.07) is 0. The van der Waals surface area contributed by atoms with Crippen LogP contribution in [0.25, 0.3) is 0 Å². The van der Waals surface area contributed by atoms with Crippen LogP contribution >= 0.6 is 11.3 Å². The molecule has 1 aliphatic heterocycles. The van der Waals surface area contributed by atoms with Gasteiger partial charge in [0.15, 0.2) is 0 Å². The fraction of sp³-hybridized carbons (Fsp3) is 0.667. The van der Waals surface area contributed by atoms with Crippen LogP contribution < -0.4 is 0 Å². The number of carbonyl (C=O) groups is 1. The van der Waals surface area contributed by atoms with Crippen molar-refractivity contribution in [3.8, 4) is 0 Å². The molecule has 4 heteroatoms. The minimum Gasteiger partial charge on any atom is -0.337 e. The van der Waals surface area contributed by atoms with E-state index in [9.17, 15) is 4.79 Å². The Morgan fingerprint density at radius 1 is 1.44 bits per heavy atom. The van der Waals surface area contributed by atoms with Gasteiger partial charge in [0.1, 0.15) is 0 Å². The van der Waals surface area contributed by atoms with Gasteiger partial charge in [0.25, 0.3) is 0 Å². The number of thiazole rings is 1. The summed E-state index contributed by atoms with van der Waals surface area (Å²) in [4.78, 5) is 19.2. The van der Waals surface area contributed by atoms with Gasteiger partial charge in [-0.2, -0.15) is 0 Å². The smallest absolute Gasteiger partial charge is 0.219 e. The van der Waals surface area contributed by atoms with E-state index in [0.29, 0.717) is 0 Å². The molecular weight excluding hydrogens is 220 g/mol. The number of amides is 1. The standard InChI is InChI=1S/C12H18N2OS/c1-8(15)14-6-5-9-10(7-14)16-11(13-9)12(2,3)4/h5-7H2,1-4H3. The maximum atomic E-state index is 11.3. The molecule has 1 aromatic heterocycles. The van der Waals surface area contributed by atoms with Crippen molar-refractivity contribution >= 4 is 17.2 Å². The maximum absolute atomic E-state index is 11.3. The van der Waals surface area contributed by atoms with Crippen molar-refractivity contribution in [1.29, 1.82) is 0 Å². The maximum Gasteiger partial charge on any atom is 0.219 e. The average Bonchev–Trinajstić information content (AvgIpc) is 2.58. The molecule has 0 radical (unpaired) electrons. The van der Waals surface area contributed by atoms with E-state index in [0.717, 1.165) is 19.5 Å². The van der Waals surface area contributed by atoms with Crippen molar-refractivity contribution in [2.45, 2.75) is 46.1 Å². The van der Waals surface area contributed by atoms with E-state index in [1.807, 2.05) is 4.90 Å². The first-order chi connectivity index (χ1) is 7.38. The Bertz CT molecular complexity index is 417. The SMILES string of the molecule is CC(=O)N1CCc2nc(C(C)(C)C)sc2C1. The van der Waals surface area contributed by atoms with E-state index >= 15 is 0 Å². The van der Waals surface area contributed by atoms with Crippen LogP contribution in [-0.2, 0) is 23.2 Å². The summed E-state index contributed by atoms with van der Waals surface area (Å²) < 4.78 is 0. The lowest BCUT2D eigenvalue weighted by molar-refractivity contribution is -0.129. The van der Waals surface area contributed by atoms with Crippen LogP contribution in [0.1, 0.15) is 43.3 Å². The Morgan fingerprint density at radius 2 is 2.12 bits per heavy atom. The second-order valence-electron chi connectivity index (χ2n) is 5.33. The minimum atomic E-state index is 0.114. The molecule has 2 heterocycles. The molecule has 88 valence electrons. The summed E-state index contributed by atoms with van der Waals surface area (Å²) in [7, 11) is 0. The highest BCUT2D eigenvalue weighted by atomic mass is 32.1. The number of fused-ring (bicyclic) bond motifs is 1. The van der Waals surface area contributed by atoms with Gasteiger partial charge in [-0.25, -0.2) is 4.98 Å². The first-order valence-electron chi connectivity index (χ1n) is 5.62. The zero-order valence-electron chi connectivity index (χ0n) is 10.3. The molecule has 0 spiro atoms. The van der Waals surface area contributed by atoms with Gasteiger partial charge in [0.2, 0.25) is 5.91 Å². The molecule has 16 heavy (non-hydrogen) atoms. The minimum absolute atomic E-state index is 0.114. The molecular formula is C12H18N2OS. The van der Waals surface area contributed by atoms with E-state index in [1.165, 1.54) is 15.6 Å². The van der Waals surface area contributed by atoms with E-state index in [1.54, 1.807) is 18.3 Å². The molecule has 0 aromatic carbocycles. The number of rotatable bonds is 0. The number of nitrogens with zero attached hydrogens (tertiary/aromatic N) is 2. The second kappa shape index (κ2) is 3.84. The van der Waals surface area contributed by atoms with Gasteiger partial charge >= 0.3 is 0 Å². The van der Waals surface area contributed by atoms with Crippen LogP contribution in [0.4, 0.5) is 0 Å². The number of carbonyl (C=O) groups excluding carboxylic acids is 1. The Kier molecular flexibility index (Phi) is 2.78. The summed E-state index contributed by atoms with van der Waals surface area (Å²) in [5.74, 6) is 0.163. The van der Waals surface area contributed by atoms with Gasteiger partial charge in [0, 0.05) is 30.2 Å². The van der Waals surface area contributed by atoms with E-state index in [2.05, 4.69) is 20.8 Å². The Labute approximate surface area is 100 Å². The molecule has 0 aliphatic carbocycles. The molecule has 0 saturated carbocycles. The topological polar surface area (TPSA) is 33.2 Å². The number of aromatic nitrogens is 1. The van der Waals surface area contributed by atoms with Crippen molar-refractivity contribution in [3.63, 3.8) is 0 Å². The fourth-order valence-electron chi connectivity index (χ4n) is 1.79. The van der Waals surface area contributed by atoms with Gasteiger partial charge in [-0.15, -0.1) is 11.3 Å². The average molecular weight is 238 g/mol. The van der Waals surface area contributed by atoms with Crippen molar-refractivity contribution in [1.82, 2.24) is 9.88 Å². The van der Waals surface area contributed by atoms with Crippen LogP contribution in [0.2, 0.25) is 0 Å². The number of hydrogen-bond acceptors (Lipinski definition) is 3. The summed E-state index contributed by atoms with van der Waals surface area (Å²) in [6.45, 7) is 9.74. The second-order valence-corrected chi connectivity index (χ2v) is 6.41. The quantitative estimate of drug-likeness (QED) is 0.695. The zero-order valence-corrected chi connectivity index (χ0v) is 11.1. The summed E-state index contributed by atoms with van der Waals surface area (Å²) in [6.07, 6.45) is 0.904. The molecule has 2 rings (SSSR count). The Morgan fingerprint density at radius 3 is 2.69 bits per heavy atom. The third kappa shape index (κ3) is 2.12. The predicted molar refractivity (Wildman–Crippen MR) is 65.6 cm³/mol. The first kappa shape index (κ1) is 11.6. The van der Waals surface area contributed by atoms with E-state index in [4.69, 9.17) is 4.98 Å². The lowest BCUT2D eigenvalue weighted by atomic mass is 9.98. The summed E-state index contributed by atoms with van der Waals surface area (Å²) >= 11 is 1.76. The van der Waals surface area contributed by atoms with Crippen molar-refractivity contribution in [2.24, 2.45) is 0 Å². The normalized spacial score (nSPS) is 16.1. The molecule has 3 nitrogen and oxygen atoms in total. The Hall–Kier alpha value is -0.900. The molecule has 1 aromatic rings. The van der Waals surface area contributed by atoms with Crippen LogP contribution in [0, 0.1) is 0 Å². The van der Waals surface area contributed by atoms with Crippen LogP contribution in [0.5, 0.6) is 0 Å². The van der Waals surface area contributed by atoms with Crippen molar-refractivity contribution in [3.05, 3.63) is 15.6 Å². The fourth-order valence-corrected chi connectivity index (χ4v) is 2.97. The van der Waals surface area contributed by atoms with Crippen molar-refractivity contribution in [2.75, 3.05) is 6.54 Å². The molecule has 0 saturated heterocycles. The highest BCUT2D eigenvalue weighted by molar-refractivity contribution is 7.11.